The molecule has 1 fully saturated rings. The van der Waals surface area contributed by atoms with Gasteiger partial charge in [0.15, 0.2) is 5.96 Å². The number of nitrogens with zero attached hydrogens (tertiary/aromatic N) is 3. The lowest BCUT2D eigenvalue weighted by Gasteiger charge is -2.26. The van der Waals surface area contributed by atoms with Crippen molar-refractivity contribution in [1.82, 2.24) is 20.5 Å². The number of hydrogen-bond acceptors (Lipinski definition) is 3. The minimum Gasteiger partial charge on any atom is -0.357 e. The molecule has 2 rings (SSSR count). The van der Waals surface area contributed by atoms with E-state index in [0.29, 0.717) is 6.54 Å². The monoisotopic (exact) mass is 289 g/mol. The molecular formula is C16H27N5. The second-order valence-corrected chi connectivity index (χ2v) is 5.35. The Hall–Kier alpha value is -1.62. The summed E-state index contributed by atoms with van der Waals surface area (Å²) in [6, 6.07) is 5.92. The second kappa shape index (κ2) is 9.34. The van der Waals surface area contributed by atoms with Crippen molar-refractivity contribution in [2.24, 2.45) is 4.99 Å². The zero-order chi connectivity index (χ0) is 14.8. The fourth-order valence-corrected chi connectivity index (χ4v) is 2.51. The highest BCUT2D eigenvalue weighted by Crippen LogP contribution is 2.07. The number of guanidine groups is 1. The molecule has 1 aromatic heterocycles. The number of pyridine rings is 1. The van der Waals surface area contributed by atoms with Crippen molar-refractivity contribution in [2.45, 2.75) is 32.7 Å². The molecule has 0 radical (unpaired) electrons. The van der Waals surface area contributed by atoms with E-state index in [1.54, 1.807) is 0 Å². The van der Waals surface area contributed by atoms with E-state index in [1.165, 1.54) is 32.4 Å². The molecule has 5 heteroatoms. The molecule has 0 aromatic carbocycles. The molecule has 1 saturated heterocycles. The number of rotatable bonds is 6. The van der Waals surface area contributed by atoms with Crippen LogP contribution in [0.4, 0.5) is 0 Å². The predicted octanol–water partition coefficient (Wildman–Crippen LogP) is 1.62. The van der Waals surface area contributed by atoms with Gasteiger partial charge in [-0.05, 0) is 45.0 Å². The third-order valence-corrected chi connectivity index (χ3v) is 3.64. The fraction of sp³-hybridized carbons (Fsp3) is 0.625. The van der Waals surface area contributed by atoms with E-state index in [0.717, 1.165) is 31.3 Å². The van der Waals surface area contributed by atoms with Gasteiger partial charge in [-0.3, -0.25) is 4.98 Å². The van der Waals surface area contributed by atoms with Crippen molar-refractivity contribution in [3.63, 3.8) is 0 Å². The van der Waals surface area contributed by atoms with Gasteiger partial charge < -0.3 is 15.5 Å². The minimum absolute atomic E-state index is 0.611. The first-order valence-corrected chi connectivity index (χ1v) is 8.03. The molecule has 21 heavy (non-hydrogen) atoms. The van der Waals surface area contributed by atoms with Gasteiger partial charge in [0.25, 0.3) is 0 Å². The Labute approximate surface area is 127 Å². The average Bonchev–Trinajstić information content (AvgIpc) is 2.54. The van der Waals surface area contributed by atoms with Crippen LogP contribution in [0.1, 0.15) is 31.9 Å². The molecule has 2 N–H and O–H groups in total. The second-order valence-electron chi connectivity index (χ2n) is 5.35. The van der Waals surface area contributed by atoms with Crippen LogP contribution in [0.25, 0.3) is 0 Å². The standard InChI is InChI=1S/C16H27N5/c1-2-17-16(20-14-15-8-4-5-9-18-15)19-10-13-21-11-6-3-7-12-21/h4-5,8-9H,2-3,6-7,10-14H2,1H3,(H2,17,19,20). The highest BCUT2D eigenvalue weighted by atomic mass is 15.2. The minimum atomic E-state index is 0.611. The van der Waals surface area contributed by atoms with Gasteiger partial charge in [0, 0.05) is 25.8 Å². The van der Waals surface area contributed by atoms with Crippen molar-refractivity contribution in [3.05, 3.63) is 30.1 Å². The number of likely N-dealkylation sites (tertiary alicyclic amines) is 1. The lowest BCUT2D eigenvalue weighted by Crippen LogP contribution is -2.42. The number of hydrogen-bond donors (Lipinski definition) is 2. The Morgan fingerprint density at radius 3 is 2.81 bits per heavy atom. The summed E-state index contributed by atoms with van der Waals surface area (Å²) in [5.74, 6) is 0.875. The van der Waals surface area contributed by atoms with E-state index in [-0.39, 0.29) is 0 Å². The smallest absolute Gasteiger partial charge is 0.191 e. The van der Waals surface area contributed by atoms with Gasteiger partial charge in [-0.2, -0.15) is 0 Å². The highest BCUT2D eigenvalue weighted by Gasteiger charge is 2.09. The predicted molar refractivity (Wildman–Crippen MR) is 87.3 cm³/mol. The Morgan fingerprint density at radius 2 is 2.10 bits per heavy atom. The van der Waals surface area contributed by atoms with E-state index < -0.39 is 0 Å². The van der Waals surface area contributed by atoms with Gasteiger partial charge in [0.2, 0.25) is 0 Å². The Kier molecular flexibility index (Phi) is 7.01. The number of aliphatic imine (C=N–C) groups is 1. The Balaban J connectivity index is 1.75. The maximum Gasteiger partial charge on any atom is 0.191 e. The molecule has 5 nitrogen and oxygen atoms in total. The first kappa shape index (κ1) is 15.8. The zero-order valence-corrected chi connectivity index (χ0v) is 13.0. The molecule has 0 unspecified atom stereocenters. The van der Waals surface area contributed by atoms with Crippen LogP contribution < -0.4 is 10.6 Å². The number of aromatic nitrogens is 1. The van der Waals surface area contributed by atoms with E-state index >= 15 is 0 Å². The van der Waals surface area contributed by atoms with Crippen LogP contribution in [0.3, 0.4) is 0 Å². The van der Waals surface area contributed by atoms with Crippen molar-refractivity contribution in [1.29, 1.82) is 0 Å². The van der Waals surface area contributed by atoms with Crippen LogP contribution in [0, 0.1) is 0 Å². The van der Waals surface area contributed by atoms with Gasteiger partial charge in [0.05, 0.1) is 12.2 Å². The summed E-state index contributed by atoms with van der Waals surface area (Å²) in [4.78, 5) is 11.4. The van der Waals surface area contributed by atoms with Gasteiger partial charge in [-0.1, -0.05) is 12.5 Å². The van der Waals surface area contributed by atoms with Crippen molar-refractivity contribution in [2.75, 3.05) is 32.7 Å². The lowest BCUT2D eigenvalue weighted by atomic mass is 10.1. The molecule has 1 aliphatic heterocycles. The summed E-state index contributed by atoms with van der Waals surface area (Å²) < 4.78 is 0. The van der Waals surface area contributed by atoms with Crippen LogP contribution in [-0.2, 0) is 6.54 Å². The SMILES string of the molecule is CCNC(=NCc1ccccn1)NCCN1CCCCC1. The molecule has 0 amide bonds. The summed E-state index contributed by atoms with van der Waals surface area (Å²) in [5, 5.41) is 6.69. The third-order valence-electron chi connectivity index (χ3n) is 3.64. The van der Waals surface area contributed by atoms with Crippen molar-refractivity contribution < 1.29 is 0 Å². The van der Waals surface area contributed by atoms with E-state index in [2.05, 4.69) is 32.4 Å². The summed E-state index contributed by atoms with van der Waals surface area (Å²) in [5.41, 5.74) is 0.991. The summed E-state index contributed by atoms with van der Waals surface area (Å²) >= 11 is 0. The molecular weight excluding hydrogens is 262 g/mol. The summed E-state index contributed by atoms with van der Waals surface area (Å²) in [7, 11) is 0. The van der Waals surface area contributed by atoms with Gasteiger partial charge in [0.1, 0.15) is 0 Å². The fourth-order valence-electron chi connectivity index (χ4n) is 2.51. The van der Waals surface area contributed by atoms with E-state index in [9.17, 15) is 0 Å². The summed E-state index contributed by atoms with van der Waals surface area (Å²) in [6.07, 6.45) is 5.88. The van der Waals surface area contributed by atoms with Crippen LogP contribution in [0.15, 0.2) is 29.4 Å². The highest BCUT2D eigenvalue weighted by molar-refractivity contribution is 5.79. The first-order valence-electron chi connectivity index (χ1n) is 8.03. The van der Waals surface area contributed by atoms with Crippen molar-refractivity contribution >= 4 is 5.96 Å². The largest absolute Gasteiger partial charge is 0.357 e. The molecule has 0 spiro atoms. The maximum absolute atomic E-state index is 4.58. The molecule has 0 saturated carbocycles. The molecule has 0 bridgehead atoms. The van der Waals surface area contributed by atoms with Crippen LogP contribution in [-0.4, -0.2) is 48.6 Å². The Morgan fingerprint density at radius 1 is 1.24 bits per heavy atom. The molecule has 2 heterocycles. The topological polar surface area (TPSA) is 52.6 Å². The number of piperidine rings is 1. The number of nitrogens with one attached hydrogen (secondary N) is 2. The van der Waals surface area contributed by atoms with Crippen LogP contribution in [0.5, 0.6) is 0 Å². The molecule has 1 aliphatic rings. The normalized spacial score (nSPS) is 16.7. The summed E-state index contributed by atoms with van der Waals surface area (Å²) in [6.45, 7) is 8.08. The van der Waals surface area contributed by atoms with Crippen LogP contribution >= 0.6 is 0 Å². The first-order chi connectivity index (χ1) is 10.4. The lowest BCUT2D eigenvalue weighted by molar-refractivity contribution is 0.232. The quantitative estimate of drug-likeness (QED) is 0.617. The zero-order valence-electron chi connectivity index (χ0n) is 13.0. The van der Waals surface area contributed by atoms with Crippen LogP contribution in [0.2, 0.25) is 0 Å². The van der Waals surface area contributed by atoms with Crippen molar-refractivity contribution in [3.8, 4) is 0 Å². The Bertz CT molecular complexity index is 412. The molecule has 0 atom stereocenters. The van der Waals surface area contributed by atoms with Gasteiger partial charge in [-0.25, -0.2) is 4.99 Å². The third kappa shape index (κ3) is 6.12. The molecule has 0 aliphatic carbocycles. The van der Waals surface area contributed by atoms with E-state index in [1.807, 2.05) is 24.4 Å². The average molecular weight is 289 g/mol. The molecule has 1 aromatic rings. The maximum atomic E-state index is 4.58. The van der Waals surface area contributed by atoms with E-state index in [4.69, 9.17) is 0 Å². The van der Waals surface area contributed by atoms with Gasteiger partial charge >= 0.3 is 0 Å². The van der Waals surface area contributed by atoms with Gasteiger partial charge in [-0.15, -0.1) is 0 Å². The molecule has 116 valence electrons.